The van der Waals surface area contributed by atoms with Crippen molar-refractivity contribution >= 4 is 23.2 Å². The molecule has 0 spiro atoms. The van der Waals surface area contributed by atoms with Gasteiger partial charge >= 0.3 is 0 Å². The fourth-order valence-corrected chi connectivity index (χ4v) is 2.83. The fraction of sp³-hybridized carbons (Fsp3) is 0.182. The van der Waals surface area contributed by atoms with Crippen LogP contribution in [-0.2, 0) is 11.3 Å². The van der Waals surface area contributed by atoms with Crippen LogP contribution >= 0.6 is 0 Å². The number of nitrogens with one attached hydrogen (secondary N) is 3. The van der Waals surface area contributed by atoms with Gasteiger partial charge in [-0.1, -0.05) is 29.8 Å². The van der Waals surface area contributed by atoms with E-state index in [-0.39, 0.29) is 18.4 Å². The SMILES string of the molecule is Cc1ccc(NC(=O)CNc2ccccc2C(=O)NCc2ccco2)c(C)c1. The van der Waals surface area contributed by atoms with Crippen molar-refractivity contribution in [3.8, 4) is 0 Å². The van der Waals surface area contributed by atoms with Crippen LogP contribution in [0.2, 0.25) is 0 Å². The van der Waals surface area contributed by atoms with Gasteiger partial charge in [-0.2, -0.15) is 0 Å². The molecule has 6 heteroatoms. The zero-order chi connectivity index (χ0) is 19.9. The van der Waals surface area contributed by atoms with Gasteiger partial charge in [0, 0.05) is 11.4 Å². The fourth-order valence-electron chi connectivity index (χ4n) is 2.83. The summed E-state index contributed by atoms with van der Waals surface area (Å²) < 4.78 is 5.22. The number of hydrogen-bond acceptors (Lipinski definition) is 4. The molecule has 28 heavy (non-hydrogen) atoms. The molecular formula is C22H23N3O3. The summed E-state index contributed by atoms with van der Waals surface area (Å²) >= 11 is 0. The molecule has 6 nitrogen and oxygen atoms in total. The number of amides is 2. The Labute approximate surface area is 164 Å². The molecule has 3 N–H and O–H groups in total. The number of benzene rings is 2. The lowest BCUT2D eigenvalue weighted by molar-refractivity contribution is -0.114. The molecule has 1 aromatic heterocycles. The van der Waals surface area contributed by atoms with Gasteiger partial charge in [0.1, 0.15) is 5.76 Å². The zero-order valence-electron chi connectivity index (χ0n) is 15.9. The highest BCUT2D eigenvalue weighted by molar-refractivity contribution is 6.01. The Hall–Kier alpha value is -3.54. The molecule has 0 saturated heterocycles. The van der Waals surface area contributed by atoms with Crippen molar-refractivity contribution in [3.63, 3.8) is 0 Å². The number of carbonyl (C=O) groups excluding carboxylic acids is 2. The number of rotatable bonds is 7. The topological polar surface area (TPSA) is 83.4 Å². The molecule has 0 radical (unpaired) electrons. The van der Waals surface area contributed by atoms with E-state index in [1.807, 2.05) is 38.1 Å². The minimum atomic E-state index is -0.241. The van der Waals surface area contributed by atoms with Crippen LogP contribution in [-0.4, -0.2) is 18.4 Å². The lowest BCUT2D eigenvalue weighted by atomic mass is 10.1. The Morgan fingerprint density at radius 3 is 2.54 bits per heavy atom. The molecule has 0 bridgehead atoms. The van der Waals surface area contributed by atoms with E-state index in [1.54, 1.807) is 36.6 Å². The van der Waals surface area contributed by atoms with Crippen LogP contribution in [0.3, 0.4) is 0 Å². The summed E-state index contributed by atoms with van der Waals surface area (Å²) in [5.74, 6) is 0.249. The third-order valence-electron chi connectivity index (χ3n) is 4.27. The summed E-state index contributed by atoms with van der Waals surface area (Å²) in [6.45, 7) is 4.31. The first-order valence-corrected chi connectivity index (χ1v) is 9.03. The van der Waals surface area contributed by atoms with Crippen molar-refractivity contribution in [1.29, 1.82) is 0 Å². The molecule has 0 atom stereocenters. The first-order valence-electron chi connectivity index (χ1n) is 9.03. The second-order valence-electron chi connectivity index (χ2n) is 6.53. The van der Waals surface area contributed by atoms with E-state index in [1.165, 1.54) is 0 Å². The standard InChI is InChI=1S/C22H23N3O3/c1-15-9-10-19(16(2)12-15)25-21(26)14-23-20-8-4-3-7-18(20)22(27)24-13-17-6-5-11-28-17/h3-12,23H,13-14H2,1-2H3,(H,24,27)(H,25,26). The Morgan fingerprint density at radius 1 is 0.964 bits per heavy atom. The first-order chi connectivity index (χ1) is 13.5. The zero-order valence-corrected chi connectivity index (χ0v) is 15.9. The van der Waals surface area contributed by atoms with Crippen LogP contribution < -0.4 is 16.0 Å². The van der Waals surface area contributed by atoms with Gasteiger partial charge in [-0.25, -0.2) is 0 Å². The van der Waals surface area contributed by atoms with E-state index in [0.717, 1.165) is 16.8 Å². The van der Waals surface area contributed by atoms with Gasteiger partial charge in [0.05, 0.1) is 24.9 Å². The largest absolute Gasteiger partial charge is 0.467 e. The molecule has 3 aromatic rings. The van der Waals surface area contributed by atoms with Crippen molar-refractivity contribution in [2.75, 3.05) is 17.2 Å². The van der Waals surface area contributed by atoms with E-state index >= 15 is 0 Å². The van der Waals surface area contributed by atoms with Crippen molar-refractivity contribution in [2.45, 2.75) is 20.4 Å². The number of furan rings is 1. The summed E-state index contributed by atoms with van der Waals surface area (Å²) in [6.07, 6.45) is 1.56. The van der Waals surface area contributed by atoms with Gasteiger partial charge in [-0.3, -0.25) is 9.59 Å². The average Bonchev–Trinajstić information content (AvgIpc) is 3.20. The molecule has 0 aliphatic rings. The molecule has 1 heterocycles. The highest BCUT2D eigenvalue weighted by Crippen LogP contribution is 2.17. The van der Waals surface area contributed by atoms with Crippen LogP contribution in [0, 0.1) is 13.8 Å². The Morgan fingerprint density at radius 2 is 1.79 bits per heavy atom. The minimum absolute atomic E-state index is 0.0514. The second kappa shape index (κ2) is 8.90. The summed E-state index contributed by atoms with van der Waals surface area (Å²) in [5, 5.41) is 8.74. The molecule has 2 aromatic carbocycles. The third-order valence-corrected chi connectivity index (χ3v) is 4.27. The van der Waals surface area contributed by atoms with Crippen LogP contribution in [0.25, 0.3) is 0 Å². The number of hydrogen-bond donors (Lipinski definition) is 3. The maximum Gasteiger partial charge on any atom is 0.253 e. The quantitative estimate of drug-likeness (QED) is 0.583. The predicted molar refractivity (Wildman–Crippen MR) is 109 cm³/mol. The van der Waals surface area contributed by atoms with Gasteiger partial charge in [0.15, 0.2) is 0 Å². The molecular weight excluding hydrogens is 354 g/mol. The van der Waals surface area contributed by atoms with Gasteiger partial charge in [0.2, 0.25) is 5.91 Å². The monoisotopic (exact) mass is 377 g/mol. The van der Waals surface area contributed by atoms with E-state index in [4.69, 9.17) is 4.42 Å². The molecule has 2 amide bonds. The maximum absolute atomic E-state index is 12.5. The Kier molecular flexibility index (Phi) is 6.11. The summed E-state index contributed by atoms with van der Waals surface area (Å²) in [5.41, 5.74) is 3.99. The highest BCUT2D eigenvalue weighted by Gasteiger charge is 2.12. The summed E-state index contributed by atoms with van der Waals surface area (Å²) in [4.78, 5) is 24.8. The van der Waals surface area contributed by atoms with Crippen LogP contribution in [0.1, 0.15) is 27.2 Å². The van der Waals surface area contributed by atoms with Gasteiger partial charge in [-0.15, -0.1) is 0 Å². The van der Waals surface area contributed by atoms with Crippen LogP contribution in [0.5, 0.6) is 0 Å². The highest BCUT2D eigenvalue weighted by atomic mass is 16.3. The van der Waals surface area contributed by atoms with Crippen LogP contribution in [0.4, 0.5) is 11.4 Å². The molecule has 0 aliphatic heterocycles. The normalized spacial score (nSPS) is 10.4. The van der Waals surface area contributed by atoms with E-state index in [2.05, 4.69) is 16.0 Å². The number of para-hydroxylation sites is 1. The molecule has 0 fully saturated rings. The number of aryl methyl sites for hydroxylation is 2. The lowest BCUT2D eigenvalue weighted by Gasteiger charge is -2.13. The minimum Gasteiger partial charge on any atom is -0.467 e. The third kappa shape index (κ3) is 5.01. The maximum atomic E-state index is 12.5. The molecule has 0 aliphatic carbocycles. The average molecular weight is 377 g/mol. The van der Waals surface area contributed by atoms with Gasteiger partial charge in [-0.05, 0) is 49.7 Å². The molecule has 3 rings (SSSR count). The molecule has 0 saturated carbocycles. The summed E-state index contributed by atoms with van der Waals surface area (Å²) in [7, 11) is 0. The molecule has 144 valence electrons. The molecule has 0 unspecified atom stereocenters. The van der Waals surface area contributed by atoms with E-state index < -0.39 is 0 Å². The predicted octanol–water partition coefficient (Wildman–Crippen LogP) is 3.88. The van der Waals surface area contributed by atoms with Crippen molar-refractivity contribution < 1.29 is 14.0 Å². The Balaban J connectivity index is 1.59. The van der Waals surface area contributed by atoms with Crippen LogP contribution in [0.15, 0.2) is 65.3 Å². The van der Waals surface area contributed by atoms with Crippen molar-refractivity contribution in [1.82, 2.24) is 5.32 Å². The lowest BCUT2D eigenvalue weighted by Crippen LogP contribution is -2.26. The first kappa shape index (κ1) is 19.2. The van der Waals surface area contributed by atoms with Gasteiger partial charge in [0.25, 0.3) is 5.91 Å². The second-order valence-corrected chi connectivity index (χ2v) is 6.53. The van der Waals surface area contributed by atoms with Gasteiger partial charge < -0.3 is 20.4 Å². The van der Waals surface area contributed by atoms with E-state index in [0.29, 0.717) is 23.6 Å². The number of anilines is 2. The summed E-state index contributed by atoms with van der Waals surface area (Å²) in [6, 6.07) is 16.5. The number of carbonyl (C=O) groups is 2. The Bertz CT molecular complexity index is 965. The van der Waals surface area contributed by atoms with Crippen molar-refractivity contribution in [3.05, 3.63) is 83.3 Å². The van der Waals surface area contributed by atoms with E-state index in [9.17, 15) is 9.59 Å². The van der Waals surface area contributed by atoms with Crippen molar-refractivity contribution in [2.24, 2.45) is 0 Å². The smallest absolute Gasteiger partial charge is 0.253 e.